The van der Waals surface area contributed by atoms with E-state index in [0.717, 1.165) is 5.69 Å². The average molecular weight is 236 g/mol. The SMILES string of the molecule is CCn1c(-c2c[nH]c(C)cc2=O)n[nH]c1=S. The van der Waals surface area contributed by atoms with Gasteiger partial charge >= 0.3 is 0 Å². The molecule has 0 amide bonds. The Labute approximate surface area is 97.2 Å². The molecule has 2 heterocycles. The van der Waals surface area contributed by atoms with E-state index in [1.807, 2.05) is 13.8 Å². The second-order valence-corrected chi connectivity index (χ2v) is 3.88. The molecule has 6 heteroatoms. The Kier molecular flexibility index (Phi) is 2.74. The molecular formula is C10H12N4OS. The number of nitrogens with one attached hydrogen (secondary N) is 2. The van der Waals surface area contributed by atoms with Gasteiger partial charge in [0.2, 0.25) is 0 Å². The standard InChI is InChI=1S/C10H12N4OS/c1-3-14-9(12-13-10(14)16)7-5-11-6(2)4-8(7)15/h4-5H,3H2,1-2H3,(H,11,15)(H,13,16). The molecule has 0 radical (unpaired) electrons. The normalized spacial score (nSPS) is 10.6. The molecule has 16 heavy (non-hydrogen) atoms. The molecule has 0 atom stereocenters. The van der Waals surface area contributed by atoms with E-state index in [4.69, 9.17) is 12.2 Å². The maximum Gasteiger partial charge on any atom is 0.195 e. The van der Waals surface area contributed by atoms with Crippen molar-refractivity contribution in [1.29, 1.82) is 0 Å². The topological polar surface area (TPSA) is 66.5 Å². The Morgan fingerprint density at radius 1 is 1.56 bits per heavy atom. The van der Waals surface area contributed by atoms with Crippen molar-refractivity contribution in [2.45, 2.75) is 20.4 Å². The molecule has 0 bridgehead atoms. The van der Waals surface area contributed by atoms with E-state index in [0.29, 0.717) is 22.7 Å². The van der Waals surface area contributed by atoms with Gasteiger partial charge < -0.3 is 9.55 Å². The summed E-state index contributed by atoms with van der Waals surface area (Å²) in [6.07, 6.45) is 1.66. The van der Waals surface area contributed by atoms with Gasteiger partial charge in [-0.3, -0.25) is 9.89 Å². The van der Waals surface area contributed by atoms with Crippen LogP contribution in [0.25, 0.3) is 11.4 Å². The molecule has 0 aliphatic rings. The number of aromatic nitrogens is 4. The summed E-state index contributed by atoms with van der Waals surface area (Å²) in [4.78, 5) is 14.8. The number of H-pyrrole nitrogens is 2. The number of pyridine rings is 1. The van der Waals surface area contributed by atoms with Crippen molar-refractivity contribution < 1.29 is 0 Å². The number of nitrogens with zero attached hydrogens (tertiary/aromatic N) is 2. The summed E-state index contributed by atoms with van der Waals surface area (Å²) >= 11 is 5.07. The summed E-state index contributed by atoms with van der Waals surface area (Å²) < 4.78 is 2.31. The second kappa shape index (κ2) is 4.05. The Morgan fingerprint density at radius 3 is 2.94 bits per heavy atom. The molecule has 2 N–H and O–H groups in total. The molecule has 0 aliphatic carbocycles. The van der Waals surface area contributed by atoms with Crippen molar-refractivity contribution in [2.75, 3.05) is 0 Å². The van der Waals surface area contributed by atoms with Crippen LogP contribution in [-0.4, -0.2) is 19.7 Å². The summed E-state index contributed by atoms with van der Waals surface area (Å²) in [5.74, 6) is 0.578. The highest BCUT2D eigenvalue weighted by atomic mass is 32.1. The molecular weight excluding hydrogens is 224 g/mol. The van der Waals surface area contributed by atoms with Crippen LogP contribution in [0.2, 0.25) is 0 Å². The number of aromatic amines is 2. The molecule has 0 saturated carbocycles. The largest absolute Gasteiger partial charge is 0.364 e. The van der Waals surface area contributed by atoms with Crippen LogP contribution in [-0.2, 0) is 6.54 Å². The van der Waals surface area contributed by atoms with E-state index in [2.05, 4.69) is 15.2 Å². The van der Waals surface area contributed by atoms with E-state index in [1.54, 1.807) is 16.8 Å². The monoisotopic (exact) mass is 236 g/mol. The predicted molar refractivity (Wildman–Crippen MR) is 63.9 cm³/mol. The molecule has 2 rings (SSSR count). The summed E-state index contributed by atoms with van der Waals surface area (Å²) in [6, 6.07) is 1.55. The third kappa shape index (κ3) is 1.71. The Hall–Kier alpha value is -1.69. The van der Waals surface area contributed by atoms with E-state index in [9.17, 15) is 4.79 Å². The third-order valence-corrected chi connectivity index (χ3v) is 2.68. The molecule has 2 aromatic heterocycles. The number of aryl methyl sites for hydroxylation is 1. The minimum Gasteiger partial charge on any atom is -0.364 e. The van der Waals surface area contributed by atoms with Crippen LogP contribution in [0, 0.1) is 11.7 Å². The second-order valence-electron chi connectivity index (χ2n) is 3.49. The molecule has 0 saturated heterocycles. The first-order valence-electron chi connectivity index (χ1n) is 4.98. The highest BCUT2D eigenvalue weighted by Gasteiger charge is 2.10. The quantitative estimate of drug-likeness (QED) is 0.779. The van der Waals surface area contributed by atoms with Crippen molar-refractivity contribution in [3.05, 3.63) is 33.0 Å². The molecule has 0 aromatic carbocycles. The maximum atomic E-state index is 11.8. The van der Waals surface area contributed by atoms with Crippen molar-refractivity contribution >= 4 is 12.2 Å². The first-order valence-corrected chi connectivity index (χ1v) is 5.39. The van der Waals surface area contributed by atoms with Crippen LogP contribution in [0.4, 0.5) is 0 Å². The highest BCUT2D eigenvalue weighted by molar-refractivity contribution is 7.71. The lowest BCUT2D eigenvalue weighted by molar-refractivity contribution is 0.755. The zero-order valence-corrected chi connectivity index (χ0v) is 9.89. The molecule has 5 nitrogen and oxygen atoms in total. The van der Waals surface area contributed by atoms with Gasteiger partial charge in [-0.1, -0.05) is 0 Å². The fourth-order valence-electron chi connectivity index (χ4n) is 1.56. The third-order valence-electron chi connectivity index (χ3n) is 2.37. The van der Waals surface area contributed by atoms with Crippen molar-refractivity contribution in [3.8, 4) is 11.4 Å². The van der Waals surface area contributed by atoms with Gasteiger partial charge in [-0.15, -0.1) is 0 Å². The van der Waals surface area contributed by atoms with Gasteiger partial charge in [0.1, 0.15) is 0 Å². The number of hydrogen-bond acceptors (Lipinski definition) is 3. The highest BCUT2D eigenvalue weighted by Crippen LogP contribution is 2.11. The molecule has 0 spiro atoms. The van der Waals surface area contributed by atoms with Gasteiger partial charge in [0.15, 0.2) is 16.0 Å². The number of rotatable bonds is 2. The molecule has 0 aliphatic heterocycles. The first kappa shape index (κ1) is 10.8. The summed E-state index contributed by atoms with van der Waals surface area (Å²) in [5.41, 5.74) is 1.30. The van der Waals surface area contributed by atoms with Crippen molar-refractivity contribution in [3.63, 3.8) is 0 Å². The first-order chi connectivity index (χ1) is 7.63. The lowest BCUT2D eigenvalue weighted by Crippen LogP contribution is -2.09. The fourth-order valence-corrected chi connectivity index (χ4v) is 1.83. The van der Waals surface area contributed by atoms with E-state index in [-0.39, 0.29) is 5.43 Å². The van der Waals surface area contributed by atoms with Crippen LogP contribution in [0.15, 0.2) is 17.1 Å². The van der Waals surface area contributed by atoms with Gasteiger partial charge in [0.25, 0.3) is 0 Å². The molecule has 2 aromatic rings. The molecule has 0 unspecified atom stereocenters. The summed E-state index contributed by atoms with van der Waals surface area (Å²) in [7, 11) is 0. The predicted octanol–water partition coefficient (Wildman–Crippen LogP) is 1.62. The van der Waals surface area contributed by atoms with Crippen LogP contribution in [0.3, 0.4) is 0 Å². The maximum absolute atomic E-state index is 11.8. The van der Waals surface area contributed by atoms with E-state index >= 15 is 0 Å². The van der Waals surface area contributed by atoms with E-state index < -0.39 is 0 Å². The average Bonchev–Trinajstić information content (AvgIpc) is 2.59. The number of hydrogen-bond donors (Lipinski definition) is 2. The van der Waals surface area contributed by atoms with Crippen molar-refractivity contribution in [1.82, 2.24) is 19.7 Å². The van der Waals surface area contributed by atoms with Crippen LogP contribution < -0.4 is 5.43 Å². The van der Waals surface area contributed by atoms with Gasteiger partial charge in [0.05, 0.1) is 5.56 Å². The Balaban J connectivity index is 2.68. The van der Waals surface area contributed by atoms with Crippen LogP contribution in [0.1, 0.15) is 12.6 Å². The molecule has 84 valence electrons. The summed E-state index contributed by atoms with van der Waals surface area (Å²) in [5, 5.41) is 6.76. The minimum absolute atomic E-state index is 0.0556. The van der Waals surface area contributed by atoms with Crippen LogP contribution >= 0.6 is 12.2 Å². The van der Waals surface area contributed by atoms with Crippen molar-refractivity contribution in [2.24, 2.45) is 0 Å². The summed E-state index contributed by atoms with van der Waals surface area (Å²) in [6.45, 7) is 4.47. The van der Waals surface area contributed by atoms with Gasteiger partial charge in [-0.05, 0) is 26.1 Å². The minimum atomic E-state index is -0.0556. The smallest absolute Gasteiger partial charge is 0.195 e. The lowest BCUT2D eigenvalue weighted by atomic mass is 10.2. The van der Waals surface area contributed by atoms with Gasteiger partial charge in [-0.25, -0.2) is 0 Å². The zero-order valence-electron chi connectivity index (χ0n) is 9.07. The fraction of sp³-hybridized carbons (Fsp3) is 0.300. The van der Waals surface area contributed by atoms with E-state index in [1.165, 1.54) is 0 Å². The lowest BCUT2D eigenvalue weighted by Gasteiger charge is -2.02. The van der Waals surface area contributed by atoms with Gasteiger partial charge in [-0.2, -0.15) is 5.10 Å². The Morgan fingerprint density at radius 2 is 2.31 bits per heavy atom. The zero-order chi connectivity index (χ0) is 11.7. The molecule has 0 fully saturated rings. The van der Waals surface area contributed by atoms with Crippen LogP contribution in [0.5, 0.6) is 0 Å². The Bertz CT molecular complexity index is 622. The van der Waals surface area contributed by atoms with Gasteiger partial charge in [0, 0.05) is 24.5 Å².